The molecule has 0 radical (unpaired) electrons. The van der Waals surface area contributed by atoms with Gasteiger partial charge in [0, 0.05) is 12.7 Å². The highest BCUT2D eigenvalue weighted by Gasteiger charge is 2.15. The molecule has 0 bridgehead atoms. The quantitative estimate of drug-likeness (QED) is 0.891. The lowest BCUT2D eigenvalue weighted by molar-refractivity contribution is 0.102. The van der Waals surface area contributed by atoms with Gasteiger partial charge in [0.2, 0.25) is 0 Å². The van der Waals surface area contributed by atoms with Crippen molar-refractivity contribution in [2.24, 2.45) is 0 Å². The van der Waals surface area contributed by atoms with Gasteiger partial charge in [-0.05, 0) is 30.2 Å². The number of hydrogen-bond donors (Lipinski definition) is 2. The van der Waals surface area contributed by atoms with E-state index in [0.29, 0.717) is 5.56 Å². The van der Waals surface area contributed by atoms with Crippen molar-refractivity contribution in [2.75, 3.05) is 17.7 Å². The first-order valence-corrected chi connectivity index (χ1v) is 6.53. The van der Waals surface area contributed by atoms with E-state index in [0.717, 1.165) is 17.7 Å². The van der Waals surface area contributed by atoms with E-state index in [-0.39, 0.29) is 11.6 Å². The number of aryl methyl sites for hydroxylation is 1. The number of halogens is 1. The van der Waals surface area contributed by atoms with Gasteiger partial charge in [-0.15, -0.1) is 0 Å². The fourth-order valence-corrected chi connectivity index (χ4v) is 2.11. The van der Waals surface area contributed by atoms with Gasteiger partial charge in [0.25, 0.3) is 5.91 Å². The Morgan fingerprint density at radius 1 is 1.15 bits per heavy atom. The molecule has 0 aliphatic rings. The van der Waals surface area contributed by atoms with E-state index in [1.165, 1.54) is 12.1 Å². The number of anilines is 2. The molecule has 1 amide bonds. The summed E-state index contributed by atoms with van der Waals surface area (Å²) in [4.78, 5) is 12.3. The molecule has 20 heavy (non-hydrogen) atoms. The molecular formula is C16H17FN2O. The Bertz CT molecular complexity index is 626. The summed E-state index contributed by atoms with van der Waals surface area (Å²) in [6.45, 7) is 2.02. The van der Waals surface area contributed by atoms with Crippen molar-refractivity contribution in [2.45, 2.75) is 13.3 Å². The number of nitrogens with one attached hydrogen (secondary N) is 2. The Labute approximate surface area is 117 Å². The minimum absolute atomic E-state index is 0.207. The molecule has 0 aliphatic carbocycles. The lowest BCUT2D eigenvalue weighted by atomic mass is 10.1. The van der Waals surface area contributed by atoms with Crippen LogP contribution in [0.25, 0.3) is 0 Å². The van der Waals surface area contributed by atoms with E-state index in [9.17, 15) is 9.18 Å². The van der Waals surface area contributed by atoms with Crippen LogP contribution >= 0.6 is 0 Å². The highest BCUT2D eigenvalue weighted by molar-refractivity contribution is 6.08. The average molecular weight is 272 g/mol. The molecular weight excluding hydrogens is 255 g/mol. The summed E-state index contributed by atoms with van der Waals surface area (Å²) in [6.07, 6.45) is 0.818. The van der Waals surface area contributed by atoms with E-state index in [4.69, 9.17) is 0 Å². The van der Waals surface area contributed by atoms with Gasteiger partial charge in [-0.3, -0.25) is 4.79 Å². The van der Waals surface area contributed by atoms with Gasteiger partial charge in [-0.2, -0.15) is 0 Å². The number of hydrogen-bond acceptors (Lipinski definition) is 2. The molecule has 104 valence electrons. The predicted molar refractivity (Wildman–Crippen MR) is 79.7 cm³/mol. The van der Waals surface area contributed by atoms with Crippen molar-refractivity contribution >= 4 is 17.3 Å². The van der Waals surface area contributed by atoms with E-state index < -0.39 is 5.82 Å². The first-order valence-electron chi connectivity index (χ1n) is 6.53. The summed E-state index contributed by atoms with van der Waals surface area (Å²) in [6, 6.07) is 12.0. The minimum atomic E-state index is -0.441. The maximum atomic E-state index is 13.7. The first-order chi connectivity index (χ1) is 9.67. The molecule has 2 aromatic rings. The van der Waals surface area contributed by atoms with E-state index in [1.54, 1.807) is 13.1 Å². The zero-order chi connectivity index (χ0) is 14.5. The summed E-state index contributed by atoms with van der Waals surface area (Å²) in [5.41, 5.74) is 2.30. The zero-order valence-electron chi connectivity index (χ0n) is 11.5. The standard InChI is InChI=1S/C16H17FN2O/c1-3-11-7-4-5-10-14(11)19-16(20)12-8-6-9-13(17)15(12)18-2/h4-10,18H,3H2,1-2H3,(H,19,20). The Morgan fingerprint density at radius 3 is 2.60 bits per heavy atom. The Morgan fingerprint density at radius 2 is 1.90 bits per heavy atom. The molecule has 0 fully saturated rings. The molecule has 2 rings (SSSR count). The normalized spacial score (nSPS) is 10.2. The van der Waals surface area contributed by atoms with Crippen LogP contribution in [0.3, 0.4) is 0 Å². The number of benzene rings is 2. The fraction of sp³-hybridized carbons (Fsp3) is 0.188. The zero-order valence-corrected chi connectivity index (χ0v) is 11.5. The molecule has 0 aromatic heterocycles. The lowest BCUT2D eigenvalue weighted by Gasteiger charge is -2.12. The third kappa shape index (κ3) is 2.79. The molecule has 3 nitrogen and oxygen atoms in total. The van der Waals surface area contributed by atoms with Gasteiger partial charge in [0.1, 0.15) is 5.82 Å². The largest absolute Gasteiger partial charge is 0.385 e. The molecule has 4 heteroatoms. The number of para-hydroxylation sites is 2. The number of carbonyl (C=O) groups excluding carboxylic acids is 1. The van der Waals surface area contributed by atoms with Crippen LogP contribution in [0.2, 0.25) is 0 Å². The fourth-order valence-electron chi connectivity index (χ4n) is 2.11. The van der Waals surface area contributed by atoms with Crippen molar-refractivity contribution in [3.05, 3.63) is 59.4 Å². The second-order valence-corrected chi connectivity index (χ2v) is 4.38. The Balaban J connectivity index is 2.31. The van der Waals surface area contributed by atoms with Crippen molar-refractivity contribution < 1.29 is 9.18 Å². The van der Waals surface area contributed by atoms with Gasteiger partial charge in [-0.1, -0.05) is 31.2 Å². The van der Waals surface area contributed by atoms with E-state index in [1.807, 2.05) is 31.2 Å². The van der Waals surface area contributed by atoms with Gasteiger partial charge < -0.3 is 10.6 Å². The van der Waals surface area contributed by atoms with Crippen molar-refractivity contribution in [1.82, 2.24) is 0 Å². The van der Waals surface area contributed by atoms with Crippen LogP contribution in [0.15, 0.2) is 42.5 Å². The van der Waals surface area contributed by atoms with Crippen molar-refractivity contribution in [3.8, 4) is 0 Å². The molecule has 0 aliphatic heterocycles. The van der Waals surface area contributed by atoms with Crippen molar-refractivity contribution in [1.29, 1.82) is 0 Å². The highest BCUT2D eigenvalue weighted by Crippen LogP contribution is 2.22. The third-order valence-electron chi connectivity index (χ3n) is 3.15. The average Bonchev–Trinajstić information content (AvgIpc) is 2.47. The second-order valence-electron chi connectivity index (χ2n) is 4.38. The predicted octanol–water partition coefficient (Wildman–Crippen LogP) is 3.68. The maximum Gasteiger partial charge on any atom is 0.257 e. The van der Waals surface area contributed by atoms with Crippen LogP contribution in [0.4, 0.5) is 15.8 Å². The third-order valence-corrected chi connectivity index (χ3v) is 3.15. The van der Waals surface area contributed by atoms with Crippen LogP contribution in [-0.4, -0.2) is 13.0 Å². The Hall–Kier alpha value is -2.36. The Kier molecular flexibility index (Phi) is 4.35. The van der Waals surface area contributed by atoms with Crippen LogP contribution in [0.5, 0.6) is 0 Å². The van der Waals surface area contributed by atoms with Crippen LogP contribution < -0.4 is 10.6 Å². The summed E-state index contributed by atoms with van der Waals surface area (Å²) >= 11 is 0. The van der Waals surface area contributed by atoms with Crippen molar-refractivity contribution in [3.63, 3.8) is 0 Å². The molecule has 0 saturated carbocycles. The molecule has 0 saturated heterocycles. The maximum absolute atomic E-state index is 13.7. The molecule has 0 atom stereocenters. The van der Waals surface area contributed by atoms with E-state index in [2.05, 4.69) is 10.6 Å². The monoisotopic (exact) mass is 272 g/mol. The molecule has 2 aromatic carbocycles. The summed E-state index contributed by atoms with van der Waals surface area (Å²) < 4.78 is 13.7. The summed E-state index contributed by atoms with van der Waals surface area (Å²) in [5, 5.41) is 5.56. The molecule has 0 spiro atoms. The summed E-state index contributed by atoms with van der Waals surface area (Å²) in [7, 11) is 1.59. The van der Waals surface area contributed by atoms with Crippen LogP contribution in [0, 0.1) is 5.82 Å². The highest BCUT2D eigenvalue weighted by atomic mass is 19.1. The van der Waals surface area contributed by atoms with Gasteiger partial charge in [0.05, 0.1) is 11.3 Å². The number of carbonyl (C=O) groups is 1. The SMILES string of the molecule is CCc1ccccc1NC(=O)c1cccc(F)c1NC. The summed E-state index contributed by atoms with van der Waals surface area (Å²) in [5.74, 6) is -0.765. The lowest BCUT2D eigenvalue weighted by Crippen LogP contribution is -2.15. The van der Waals surface area contributed by atoms with Gasteiger partial charge in [0.15, 0.2) is 0 Å². The molecule has 2 N–H and O–H groups in total. The van der Waals surface area contributed by atoms with Gasteiger partial charge in [-0.25, -0.2) is 4.39 Å². The number of amides is 1. The number of rotatable bonds is 4. The molecule has 0 unspecified atom stereocenters. The molecule has 0 heterocycles. The van der Waals surface area contributed by atoms with Crippen LogP contribution in [-0.2, 0) is 6.42 Å². The van der Waals surface area contributed by atoms with E-state index >= 15 is 0 Å². The topological polar surface area (TPSA) is 41.1 Å². The van der Waals surface area contributed by atoms with Crippen LogP contribution in [0.1, 0.15) is 22.8 Å². The van der Waals surface area contributed by atoms with Gasteiger partial charge >= 0.3 is 0 Å². The minimum Gasteiger partial charge on any atom is -0.385 e. The first kappa shape index (κ1) is 14.1. The smallest absolute Gasteiger partial charge is 0.257 e. The second kappa shape index (κ2) is 6.19.